The van der Waals surface area contributed by atoms with Gasteiger partial charge in [0.2, 0.25) is 0 Å². The quantitative estimate of drug-likeness (QED) is 0.851. The minimum Gasteiger partial charge on any atom is -0.481 e. The van der Waals surface area contributed by atoms with Crippen LogP contribution in [0.1, 0.15) is 25.0 Å². The monoisotopic (exact) mass is 297 g/mol. The molecule has 1 amide bonds. The molecule has 3 heteroatoms. The molecular formula is C19H23NO2. The van der Waals surface area contributed by atoms with Crippen molar-refractivity contribution in [1.29, 1.82) is 0 Å². The Balaban J connectivity index is 1.82. The summed E-state index contributed by atoms with van der Waals surface area (Å²) in [7, 11) is 0. The Hall–Kier alpha value is -2.29. The van der Waals surface area contributed by atoms with Crippen molar-refractivity contribution >= 4 is 5.91 Å². The van der Waals surface area contributed by atoms with Gasteiger partial charge in [-0.25, -0.2) is 0 Å². The highest BCUT2D eigenvalue weighted by Gasteiger charge is 2.15. The molecule has 0 aliphatic carbocycles. The van der Waals surface area contributed by atoms with Crippen molar-refractivity contribution in [2.45, 2.75) is 32.8 Å². The Morgan fingerprint density at radius 3 is 2.50 bits per heavy atom. The lowest BCUT2D eigenvalue weighted by Crippen LogP contribution is -2.37. The molecule has 3 nitrogen and oxygen atoms in total. The van der Waals surface area contributed by atoms with Gasteiger partial charge in [0.15, 0.2) is 6.10 Å². The van der Waals surface area contributed by atoms with Gasteiger partial charge >= 0.3 is 0 Å². The first-order valence-electron chi connectivity index (χ1n) is 7.77. The first-order valence-corrected chi connectivity index (χ1v) is 7.77. The summed E-state index contributed by atoms with van der Waals surface area (Å²) >= 11 is 0. The number of ether oxygens (including phenoxy) is 1. The van der Waals surface area contributed by atoms with Gasteiger partial charge in [0.05, 0.1) is 0 Å². The summed E-state index contributed by atoms with van der Waals surface area (Å²) in [6, 6.07) is 18.0. The van der Waals surface area contributed by atoms with Crippen LogP contribution in [-0.2, 0) is 17.6 Å². The molecular weight excluding hydrogens is 274 g/mol. The molecule has 0 aromatic heterocycles. The molecule has 0 saturated heterocycles. The van der Waals surface area contributed by atoms with Crippen LogP contribution in [-0.4, -0.2) is 18.6 Å². The predicted octanol–water partition coefficient (Wildman–Crippen LogP) is 3.38. The van der Waals surface area contributed by atoms with Crippen LogP contribution in [0, 0.1) is 0 Å². The maximum atomic E-state index is 12.1. The fourth-order valence-corrected chi connectivity index (χ4v) is 2.27. The average Bonchev–Trinajstić information content (AvgIpc) is 2.56. The van der Waals surface area contributed by atoms with E-state index < -0.39 is 6.10 Å². The molecule has 0 radical (unpaired) electrons. The molecule has 0 aliphatic heterocycles. The molecule has 22 heavy (non-hydrogen) atoms. The summed E-state index contributed by atoms with van der Waals surface area (Å²) < 4.78 is 5.79. The number of carbonyl (C=O) groups is 1. The van der Waals surface area contributed by atoms with Crippen molar-refractivity contribution in [2.75, 3.05) is 6.54 Å². The van der Waals surface area contributed by atoms with Crippen molar-refractivity contribution in [1.82, 2.24) is 5.32 Å². The van der Waals surface area contributed by atoms with Crippen molar-refractivity contribution in [3.8, 4) is 5.75 Å². The van der Waals surface area contributed by atoms with Crippen LogP contribution in [0.25, 0.3) is 0 Å². The smallest absolute Gasteiger partial charge is 0.260 e. The summed E-state index contributed by atoms with van der Waals surface area (Å²) in [5.41, 5.74) is 2.33. The van der Waals surface area contributed by atoms with E-state index in [2.05, 4.69) is 24.4 Å². The van der Waals surface area contributed by atoms with Gasteiger partial charge in [-0.15, -0.1) is 0 Å². The number of amides is 1. The second-order valence-electron chi connectivity index (χ2n) is 5.25. The molecule has 116 valence electrons. The van der Waals surface area contributed by atoms with E-state index in [1.807, 2.05) is 42.5 Å². The molecule has 1 atom stereocenters. The molecule has 2 aromatic rings. The van der Waals surface area contributed by atoms with Gasteiger partial charge in [0.1, 0.15) is 5.75 Å². The fourth-order valence-electron chi connectivity index (χ4n) is 2.27. The van der Waals surface area contributed by atoms with Crippen LogP contribution in [0.15, 0.2) is 54.6 Å². The zero-order valence-electron chi connectivity index (χ0n) is 13.2. The van der Waals surface area contributed by atoms with Gasteiger partial charge in [0, 0.05) is 6.54 Å². The molecule has 0 fully saturated rings. The minimum absolute atomic E-state index is 0.0816. The van der Waals surface area contributed by atoms with Crippen molar-refractivity contribution in [3.05, 3.63) is 65.7 Å². The Bertz CT molecular complexity index is 595. The molecule has 0 unspecified atom stereocenters. The lowest BCUT2D eigenvalue weighted by atomic mass is 10.1. The molecule has 2 rings (SSSR count). The van der Waals surface area contributed by atoms with E-state index in [1.165, 1.54) is 5.56 Å². The predicted molar refractivity (Wildman–Crippen MR) is 89.1 cm³/mol. The van der Waals surface area contributed by atoms with Gasteiger partial charge in [0.25, 0.3) is 5.91 Å². The average molecular weight is 297 g/mol. The molecule has 0 aliphatic rings. The zero-order chi connectivity index (χ0) is 15.8. The third kappa shape index (κ3) is 4.62. The van der Waals surface area contributed by atoms with E-state index >= 15 is 0 Å². The number of benzene rings is 2. The second-order valence-corrected chi connectivity index (χ2v) is 5.25. The van der Waals surface area contributed by atoms with Crippen LogP contribution in [0.3, 0.4) is 0 Å². The lowest BCUT2D eigenvalue weighted by molar-refractivity contribution is -0.127. The van der Waals surface area contributed by atoms with Crippen LogP contribution in [0.4, 0.5) is 0 Å². The van der Waals surface area contributed by atoms with Crippen LogP contribution in [0.5, 0.6) is 5.75 Å². The first-order chi connectivity index (χ1) is 10.7. The minimum atomic E-state index is -0.497. The molecule has 0 spiro atoms. The molecule has 0 bridgehead atoms. The van der Waals surface area contributed by atoms with Gasteiger partial charge in [-0.05, 0) is 37.0 Å². The van der Waals surface area contributed by atoms with Gasteiger partial charge in [-0.1, -0.05) is 55.5 Å². The van der Waals surface area contributed by atoms with Crippen molar-refractivity contribution in [2.24, 2.45) is 0 Å². The molecule has 2 aromatic carbocycles. The summed E-state index contributed by atoms with van der Waals surface area (Å²) in [4.78, 5) is 12.1. The third-order valence-electron chi connectivity index (χ3n) is 3.58. The van der Waals surface area contributed by atoms with Gasteiger partial charge < -0.3 is 10.1 Å². The van der Waals surface area contributed by atoms with Gasteiger partial charge in [-0.2, -0.15) is 0 Å². The zero-order valence-corrected chi connectivity index (χ0v) is 13.2. The standard InChI is InChI=1S/C19H23NO2/c1-3-17-11-7-8-12-18(17)22-15(2)19(21)20-14-13-16-9-5-4-6-10-16/h4-12,15H,3,13-14H2,1-2H3,(H,20,21)/t15-/m0/s1. The summed E-state index contributed by atoms with van der Waals surface area (Å²) in [6.45, 7) is 4.48. The highest BCUT2D eigenvalue weighted by molar-refractivity contribution is 5.80. The number of para-hydroxylation sites is 1. The van der Waals surface area contributed by atoms with Crippen molar-refractivity contribution < 1.29 is 9.53 Å². The number of nitrogens with one attached hydrogen (secondary N) is 1. The Kier molecular flexibility index (Phi) is 6.01. The number of carbonyl (C=O) groups excluding carboxylic acids is 1. The largest absolute Gasteiger partial charge is 0.481 e. The number of rotatable bonds is 7. The summed E-state index contributed by atoms with van der Waals surface area (Å²) in [5, 5.41) is 2.92. The van der Waals surface area contributed by atoms with E-state index in [0.717, 1.165) is 24.2 Å². The van der Waals surface area contributed by atoms with Crippen LogP contribution < -0.4 is 10.1 Å². The van der Waals surface area contributed by atoms with Crippen LogP contribution >= 0.6 is 0 Å². The van der Waals surface area contributed by atoms with E-state index in [9.17, 15) is 4.79 Å². The van der Waals surface area contributed by atoms with E-state index in [-0.39, 0.29) is 5.91 Å². The van der Waals surface area contributed by atoms with Gasteiger partial charge in [-0.3, -0.25) is 4.79 Å². The number of hydrogen-bond acceptors (Lipinski definition) is 2. The second kappa shape index (κ2) is 8.23. The highest BCUT2D eigenvalue weighted by atomic mass is 16.5. The molecule has 0 heterocycles. The summed E-state index contributed by atoms with van der Waals surface area (Å²) in [6.07, 6.45) is 1.21. The summed E-state index contributed by atoms with van der Waals surface area (Å²) in [5.74, 6) is 0.706. The normalized spacial score (nSPS) is 11.7. The maximum absolute atomic E-state index is 12.1. The fraction of sp³-hybridized carbons (Fsp3) is 0.316. The number of aryl methyl sites for hydroxylation is 1. The number of hydrogen-bond donors (Lipinski definition) is 1. The highest BCUT2D eigenvalue weighted by Crippen LogP contribution is 2.19. The Labute approximate surface area is 132 Å². The lowest BCUT2D eigenvalue weighted by Gasteiger charge is -2.16. The third-order valence-corrected chi connectivity index (χ3v) is 3.58. The van der Waals surface area contributed by atoms with E-state index in [0.29, 0.717) is 6.54 Å². The van der Waals surface area contributed by atoms with Crippen LogP contribution in [0.2, 0.25) is 0 Å². The van der Waals surface area contributed by atoms with Crippen molar-refractivity contribution in [3.63, 3.8) is 0 Å². The van der Waals surface area contributed by atoms with E-state index in [4.69, 9.17) is 4.74 Å². The van der Waals surface area contributed by atoms with E-state index in [1.54, 1.807) is 6.92 Å². The maximum Gasteiger partial charge on any atom is 0.260 e. The Morgan fingerprint density at radius 2 is 1.77 bits per heavy atom. The Morgan fingerprint density at radius 1 is 1.09 bits per heavy atom. The molecule has 0 saturated carbocycles. The SMILES string of the molecule is CCc1ccccc1O[C@@H](C)C(=O)NCCc1ccccc1. The first kappa shape index (κ1) is 16.1. The topological polar surface area (TPSA) is 38.3 Å². The molecule has 1 N–H and O–H groups in total.